The first kappa shape index (κ1) is 18.2. The van der Waals surface area contributed by atoms with E-state index in [4.69, 9.17) is 4.98 Å². The van der Waals surface area contributed by atoms with Gasteiger partial charge in [0, 0.05) is 6.54 Å². The molecule has 1 atom stereocenters. The predicted octanol–water partition coefficient (Wildman–Crippen LogP) is 5.54. The van der Waals surface area contributed by atoms with Gasteiger partial charge in [-0.3, -0.25) is 4.90 Å². The number of benzene rings is 2. The van der Waals surface area contributed by atoms with Crippen LogP contribution >= 0.6 is 0 Å². The topological polar surface area (TPSA) is 21.1 Å². The molecule has 1 unspecified atom stereocenters. The number of para-hydroxylation sites is 2. The van der Waals surface area contributed by atoms with Gasteiger partial charge in [-0.1, -0.05) is 57.2 Å². The number of fused-ring (bicyclic) bond motifs is 1. The van der Waals surface area contributed by atoms with Gasteiger partial charge in [0.05, 0.1) is 17.1 Å². The van der Waals surface area contributed by atoms with Gasteiger partial charge in [-0.25, -0.2) is 4.98 Å². The zero-order valence-electron chi connectivity index (χ0n) is 17.1. The maximum absolute atomic E-state index is 5.03. The highest BCUT2D eigenvalue weighted by molar-refractivity contribution is 5.76. The normalized spacial score (nSPS) is 16.9. The quantitative estimate of drug-likeness (QED) is 0.608. The van der Waals surface area contributed by atoms with Gasteiger partial charge in [0.2, 0.25) is 0 Å². The summed E-state index contributed by atoms with van der Waals surface area (Å²) in [7, 11) is 0. The molecule has 2 aromatic carbocycles. The highest BCUT2D eigenvalue weighted by atomic mass is 15.2. The lowest BCUT2D eigenvalue weighted by Crippen LogP contribution is -2.26. The van der Waals surface area contributed by atoms with Gasteiger partial charge in [-0.05, 0) is 61.5 Å². The summed E-state index contributed by atoms with van der Waals surface area (Å²) in [4.78, 5) is 7.60. The van der Waals surface area contributed by atoms with Crippen LogP contribution < -0.4 is 0 Å². The third kappa shape index (κ3) is 3.66. The minimum absolute atomic E-state index is 0.190. The van der Waals surface area contributed by atoms with Crippen molar-refractivity contribution in [1.82, 2.24) is 14.5 Å². The molecule has 1 fully saturated rings. The van der Waals surface area contributed by atoms with E-state index in [1.807, 2.05) is 0 Å². The maximum atomic E-state index is 5.03. The van der Waals surface area contributed by atoms with E-state index in [1.54, 1.807) is 0 Å². The molecule has 0 spiro atoms. The van der Waals surface area contributed by atoms with E-state index in [0.717, 1.165) is 12.1 Å². The predicted molar refractivity (Wildman–Crippen MR) is 113 cm³/mol. The molecule has 3 heteroatoms. The lowest BCUT2D eigenvalue weighted by molar-refractivity contribution is 0.249. The van der Waals surface area contributed by atoms with E-state index in [1.165, 1.54) is 48.4 Å². The van der Waals surface area contributed by atoms with Crippen molar-refractivity contribution in [3.8, 4) is 0 Å². The van der Waals surface area contributed by atoms with Crippen LogP contribution in [-0.2, 0) is 12.0 Å². The highest BCUT2D eigenvalue weighted by Gasteiger charge is 2.24. The summed E-state index contributed by atoms with van der Waals surface area (Å²) in [5.41, 5.74) is 5.24. The van der Waals surface area contributed by atoms with Crippen molar-refractivity contribution in [3.63, 3.8) is 0 Å². The molecule has 0 bridgehead atoms. The Morgan fingerprint density at radius 1 is 0.963 bits per heavy atom. The molecule has 27 heavy (non-hydrogen) atoms. The van der Waals surface area contributed by atoms with Gasteiger partial charge in [0.25, 0.3) is 0 Å². The summed E-state index contributed by atoms with van der Waals surface area (Å²) in [5.74, 6) is 1.19. The lowest BCUT2D eigenvalue weighted by atomic mass is 9.87. The molecular weight excluding hydrogens is 330 g/mol. The smallest absolute Gasteiger partial charge is 0.127 e. The largest absolute Gasteiger partial charge is 0.322 e. The van der Waals surface area contributed by atoms with E-state index < -0.39 is 0 Å². The Hall–Kier alpha value is -2.13. The molecule has 1 aliphatic heterocycles. The minimum Gasteiger partial charge on any atom is -0.322 e. The molecule has 0 aliphatic carbocycles. The van der Waals surface area contributed by atoms with Crippen molar-refractivity contribution in [2.45, 2.75) is 58.5 Å². The molecule has 0 N–H and O–H groups in total. The van der Waals surface area contributed by atoms with Crippen molar-refractivity contribution in [2.24, 2.45) is 0 Å². The Balaban J connectivity index is 1.70. The summed E-state index contributed by atoms with van der Waals surface area (Å²) in [6.07, 6.45) is 2.61. The Morgan fingerprint density at radius 2 is 1.63 bits per heavy atom. The first-order valence-corrected chi connectivity index (χ1v) is 10.2. The summed E-state index contributed by atoms with van der Waals surface area (Å²) >= 11 is 0. The molecule has 1 saturated heterocycles. The molecular formula is C24H31N3. The van der Waals surface area contributed by atoms with Crippen LogP contribution in [0.25, 0.3) is 11.0 Å². The van der Waals surface area contributed by atoms with Crippen molar-refractivity contribution in [2.75, 3.05) is 13.1 Å². The number of nitrogens with zero attached hydrogens (tertiary/aromatic N) is 3. The molecule has 142 valence electrons. The average Bonchev–Trinajstić information content (AvgIpc) is 3.30. The molecule has 1 aromatic heterocycles. The number of rotatable bonds is 4. The van der Waals surface area contributed by atoms with Crippen LogP contribution in [0.15, 0.2) is 48.5 Å². The molecule has 4 rings (SSSR count). The zero-order valence-corrected chi connectivity index (χ0v) is 17.1. The monoisotopic (exact) mass is 361 g/mol. The molecule has 3 nitrogen and oxygen atoms in total. The van der Waals surface area contributed by atoms with Crippen LogP contribution in [0.1, 0.15) is 63.5 Å². The molecule has 0 saturated carbocycles. The highest BCUT2D eigenvalue weighted by Crippen LogP contribution is 2.29. The Labute approximate surface area is 163 Å². The van der Waals surface area contributed by atoms with Crippen LogP contribution in [0.4, 0.5) is 0 Å². The van der Waals surface area contributed by atoms with Crippen LogP contribution in [0.3, 0.4) is 0 Å². The maximum Gasteiger partial charge on any atom is 0.127 e. The number of aromatic nitrogens is 2. The summed E-state index contributed by atoms with van der Waals surface area (Å²) in [6, 6.07) is 18.0. The number of imidazole rings is 1. The van der Waals surface area contributed by atoms with E-state index in [2.05, 4.69) is 85.7 Å². The van der Waals surface area contributed by atoms with Gasteiger partial charge in [-0.15, -0.1) is 0 Å². The molecule has 0 radical (unpaired) electrons. The summed E-state index contributed by atoms with van der Waals surface area (Å²) in [6.45, 7) is 12.4. The summed E-state index contributed by atoms with van der Waals surface area (Å²) < 4.78 is 2.42. The Morgan fingerprint density at radius 3 is 2.30 bits per heavy atom. The van der Waals surface area contributed by atoms with Gasteiger partial charge >= 0.3 is 0 Å². The second kappa shape index (κ2) is 7.12. The fourth-order valence-corrected chi connectivity index (χ4v) is 4.16. The van der Waals surface area contributed by atoms with Gasteiger partial charge in [0.1, 0.15) is 5.82 Å². The Bertz CT molecular complexity index is 909. The first-order valence-electron chi connectivity index (χ1n) is 10.2. The summed E-state index contributed by atoms with van der Waals surface area (Å²) in [5, 5.41) is 0. The van der Waals surface area contributed by atoms with Crippen molar-refractivity contribution < 1.29 is 0 Å². The van der Waals surface area contributed by atoms with Crippen molar-refractivity contribution in [3.05, 3.63) is 65.5 Å². The third-order valence-electron chi connectivity index (χ3n) is 5.91. The Kier molecular flexibility index (Phi) is 4.81. The minimum atomic E-state index is 0.190. The van der Waals surface area contributed by atoms with E-state index in [9.17, 15) is 0 Å². The molecule has 3 aromatic rings. The van der Waals surface area contributed by atoms with Gasteiger partial charge in [-0.2, -0.15) is 0 Å². The van der Waals surface area contributed by atoms with Crippen LogP contribution in [0.5, 0.6) is 0 Å². The van der Waals surface area contributed by atoms with E-state index in [-0.39, 0.29) is 5.41 Å². The molecule has 2 heterocycles. The van der Waals surface area contributed by atoms with Crippen LogP contribution in [0, 0.1) is 0 Å². The fourth-order valence-electron chi connectivity index (χ4n) is 4.16. The van der Waals surface area contributed by atoms with Gasteiger partial charge in [0.15, 0.2) is 0 Å². The first-order chi connectivity index (χ1) is 12.9. The van der Waals surface area contributed by atoms with Crippen molar-refractivity contribution in [1.29, 1.82) is 0 Å². The zero-order chi connectivity index (χ0) is 19.0. The van der Waals surface area contributed by atoms with E-state index in [0.29, 0.717) is 6.04 Å². The number of likely N-dealkylation sites (tertiary alicyclic amines) is 1. The van der Waals surface area contributed by atoms with Crippen LogP contribution in [-0.4, -0.2) is 27.5 Å². The number of hydrogen-bond donors (Lipinski definition) is 0. The van der Waals surface area contributed by atoms with Gasteiger partial charge < -0.3 is 4.57 Å². The molecule has 0 amide bonds. The average molecular weight is 362 g/mol. The SMILES string of the molecule is CC(c1nc2ccccc2n1Cc1ccc(C(C)(C)C)cc1)N1CCCC1. The fraction of sp³-hybridized carbons (Fsp3) is 0.458. The second-order valence-corrected chi connectivity index (χ2v) is 8.91. The second-order valence-electron chi connectivity index (χ2n) is 8.91. The van der Waals surface area contributed by atoms with Crippen molar-refractivity contribution >= 4 is 11.0 Å². The molecule has 1 aliphatic rings. The number of hydrogen-bond acceptors (Lipinski definition) is 2. The van der Waals surface area contributed by atoms with Crippen LogP contribution in [0.2, 0.25) is 0 Å². The third-order valence-corrected chi connectivity index (χ3v) is 5.91. The van der Waals surface area contributed by atoms with E-state index >= 15 is 0 Å². The standard InChI is InChI=1S/C24H31N3/c1-18(26-15-7-8-16-26)23-25-21-9-5-6-10-22(21)27(23)17-19-11-13-20(14-12-19)24(2,3)4/h5-6,9-14,18H,7-8,15-17H2,1-4H3. The lowest BCUT2D eigenvalue weighted by Gasteiger charge is -2.24.